The number of carbonyl (C=O) groups excluding carboxylic acids is 1. The Balaban J connectivity index is 2.28. The van der Waals surface area contributed by atoms with Gasteiger partial charge < -0.3 is 4.74 Å². The van der Waals surface area contributed by atoms with Crippen LogP contribution in [0.1, 0.15) is 13.3 Å². The molecule has 0 saturated heterocycles. The lowest BCUT2D eigenvalue weighted by atomic mass is 10.3. The minimum absolute atomic E-state index is 0.0440. The number of methoxy groups -OCH3 is 1. The highest BCUT2D eigenvalue weighted by Gasteiger charge is 2.39. The van der Waals surface area contributed by atoms with Gasteiger partial charge in [-0.2, -0.15) is 0 Å². The van der Waals surface area contributed by atoms with Crippen LogP contribution < -0.4 is 0 Å². The standard InChI is InChI=1S/C6H10O2/c1-4-3-5(4)6(7)8-2/h4-5H,3H2,1-2H3/t4-,5+/m0/s1. The molecule has 0 heterocycles. The zero-order chi connectivity index (χ0) is 6.15. The van der Waals surface area contributed by atoms with Crippen molar-refractivity contribution >= 4 is 5.97 Å². The van der Waals surface area contributed by atoms with Crippen molar-refractivity contribution in [1.29, 1.82) is 0 Å². The van der Waals surface area contributed by atoms with Gasteiger partial charge in [-0.25, -0.2) is 0 Å². The fourth-order valence-corrected chi connectivity index (χ4v) is 0.802. The van der Waals surface area contributed by atoms with E-state index in [1.165, 1.54) is 7.11 Å². The average Bonchev–Trinajstić information content (AvgIpc) is 2.45. The number of hydrogen-bond donors (Lipinski definition) is 0. The van der Waals surface area contributed by atoms with Crippen molar-refractivity contribution in [1.82, 2.24) is 0 Å². The second kappa shape index (κ2) is 1.77. The molecule has 0 aromatic heterocycles. The molecule has 2 heteroatoms. The van der Waals surface area contributed by atoms with Crippen LogP contribution in [-0.2, 0) is 9.53 Å². The van der Waals surface area contributed by atoms with E-state index in [0.29, 0.717) is 5.92 Å². The highest BCUT2D eigenvalue weighted by atomic mass is 16.5. The Morgan fingerprint density at radius 1 is 1.75 bits per heavy atom. The lowest BCUT2D eigenvalue weighted by molar-refractivity contribution is -0.142. The van der Waals surface area contributed by atoms with Gasteiger partial charge in [0.25, 0.3) is 0 Å². The van der Waals surface area contributed by atoms with Gasteiger partial charge in [0.2, 0.25) is 0 Å². The first-order chi connectivity index (χ1) is 3.75. The SMILES string of the molecule is COC(=O)[C@@H]1C[C@@H]1C. The molecule has 1 saturated carbocycles. The van der Waals surface area contributed by atoms with Crippen molar-refractivity contribution in [3.8, 4) is 0 Å². The van der Waals surface area contributed by atoms with Crippen molar-refractivity contribution < 1.29 is 9.53 Å². The van der Waals surface area contributed by atoms with Crippen LogP contribution in [0.5, 0.6) is 0 Å². The summed E-state index contributed by atoms with van der Waals surface area (Å²) in [5, 5.41) is 0. The molecule has 0 aliphatic heterocycles. The summed E-state index contributed by atoms with van der Waals surface area (Å²) in [6.07, 6.45) is 1.02. The van der Waals surface area contributed by atoms with Crippen molar-refractivity contribution in [2.24, 2.45) is 11.8 Å². The first-order valence-corrected chi connectivity index (χ1v) is 2.83. The maximum atomic E-state index is 10.6. The molecule has 0 unspecified atom stereocenters. The van der Waals surface area contributed by atoms with Crippen LogP contribution in [0.15, 0.2) is 0 Å². The maximum absolute atomic E-state index is 10.6. The molecule has 46 valence electrons. The fraction of sp³-hybridized carbons (Fsp3) is 0.833. The minimum atomic E-state index is -0.0440. The third-order valence-electron chi connectivity index (χ3n) is 1.61. The van der Waals surface area contributed by atoms with Gasteiger partial charge in [0.15, 0.2) is 0 Å². The zero-order valence-corrected chi connectivity index (χ0v) is 5.18. The highest BCUT2D eigenvalue weighted by Crippen LogP contribution is 2.38. The normalized spacial score (nSPS) is 34.2. The van der Waals surface area contributed by atoms with Crippen LogP contribution in [-0.4, -0.2) is 13.1 Å². The molecule has 1 aliphatic rings. The molecule has 0 aromatic rings. The Kier molecular flexibility index (Phi) is 1.24. The molecule has 8 heavy (non-hydrogen) atoms. The molecule has 0 spiro atoms. The predicted octanol–water partition coefficient (Wildman–Crippen LogP) is 0.815. The number of ether oxygens (including phenoxy) is 1. The second-order valence-electron chi connectivity index (χ2n) is 2.34. The number of esters is 1. The topological polar surface area (TPSA) is 26.3 Å². The summed E-state index contributed by atoms with van der Waals surface area (Å²) in [7, 11) is 1.44. The van der Waals surface area contributed by atoms with Gasteiger partial charge in [0.1, 0.15) is 0 Å². The average molecular weight is 114 g/mol. The Bertz CT molecular complexity index is 109. The van der Waals surface area contributed by atoms with E-state index in [0.717, 1.165) is 6.42 Å². The molecule has 0 aromatic carbocycles. The zero-order valence-electron chi connectivity index (χ0n) is 5.18. The van der Waals surface area contributed by atoms with Crippen LogP contribution in [0.2, 0.25) is 0 Å². The molecule has 2 nitrogen and oxygen atoms in total. The predicted molar refractivity (Wildman–Crippen MR) is 29.3 cm³/mol. The van der Waals surface area contributed by atoms with Gasteiger partial charge in [0.05, 0.1) is 13.0 Å². The molecule has 0 amide bonds. The summed E-state index contributed by atoms with van der Waals surface area (Å²) < 4.78 is 4.51. The van der Waals surface area contributed by atoms with Crippen molar-refractivity contribution in [2.45, 2.75) is 13.3 Å². The summed E-state index contributed by atoms with van der Waals surface area (Å²) in [5.41, 5.74) is 0. The summed E-state index contributed by atoms with van der Waals surface area (Å²) >= 11 is 0. The second-order valence-corrected chi connectivity index (χ2v) is 2.34. The largest absolute Gasteiger partial charge is 0.469 e. The highest BCUT2D eigenvalue weighted by molar-refractivity contribution is 5.75. The van der Waals surface area contributed by atoms with Crippen LogP contribution in [0.4, 0.5) is 0 Å². The number of hydrogen-bond acceptors (Lipinski definition) is 2. The molecular formula is C6H10O2. The molecule has 0 N–H and O–H groups in total. The van der Waals surface area contributed by atoms with Gasteiger partial charge in [-0.05, 0) is 12.3 Å². The molecule has 1 aliphatic carbocycles. The lowest BCUT2D eigenvalue weighted by Crippen LogP contribution is -2.02. The van der Waals surface area contributed by atoms with Crippen molar-refractivity contribution in [3.05, 3.63) is 0 Å². The first-order valence-electron chi connectivity index (χ1n) is 2.83. The van der Waals surface area contributed by atoms with E-state index >= 15 is 0 Å². The van der Waals surface area contributed by atoms with Gasteiger partial charge >= 0.3 is 5.97 Å². The van der Waals surface area contributed by atoms with Crippen molar-refractivity contribution in [2.75, 3.05) is 7.11 Å². The molecule has 2 atom stereocenters. The molecular weight excluding hydrogens is 104 g/mol. The van der Waals surface area contributed by atoms with E-state index in [4.69, 9.17) is 0 Å². The van der Waals surface area contributed by atoms with Crippen molar-refractivity contribution in [3.63, 3.8) is 0 Å². The molecule has 1 fully saturated rings. The van der Waals surface area contributed by atoms with E-state index in [9.17, 15) is 4.79 Å². The first kappa shape index (κ1) is 5.60. The van der Waals surface area contributed by atoms with Crippen LogP contribution in [0.25, 0.3) is 0 Å². The van der Waals surface area contributed by atoms with Gasteiger partial charge in [-0.3, -0.25) is 4.79 Å². The number of carbonyl (C=O) groups is 1. The quantitative estimate of drug-likeness (QED) is 0.472. The third kappa shape index (κ3) is 0.831. The smallest absolute Gasteiger partial charge is 0.308 e. The Labute approximate surface area is 48.8 Å². The van der Waals surface area contributed by atoms with E-state index < -0.39 is 0 Å². The monoisotopic (exact) mass is 114 g/mol. The molecule has 1 rings (SSSR count). The Morgan fingerprint density at radius 2 is 2.25 bits per heavy atom. The lowest BCUT2D eigenvalue weighted by Gasteiger charge is -1.91. The molecule has 0 radical (unpaired) electrons. The molecule has 0 bridgehead atoms. The van der Waals surface area contributed by atoms with Gasteiger partial charge in [-0.1, -0.05) is 6.92 Å². The van der Waals surface area contributed by atoms with Gasteiger partial charge in [0, 0.05) is 0 Å². The number of rotatable bonds is 1. The van der Waals surface area contributed by atoms with E-state index in [1.807, 2.05) is 0 Å². The van der Waals surface area contributed by atoms with E-state index in [-0.39, 0.29) is 11.9 Å². The Morgan fingerprint density at radius 3 is 2.38 bits per heavy atom. The van der Waals surface area contributed by atoms with Crippen LogP contribution >= 0.6 is 0 Å². The summed E-state index contributed by atoms with van der Waals surface area (Å²) in [6.45, 7) is 2.06. The van der Waals surface area contributed by atoms with E-state index in [1.54, 1.807) is 0 Å². The van der Waals surface area contributed by atoms with Crippen LogP contribution in [0, 0.1) is 11.8 Å². The summed E-state index contributed by atoms with van der Waals surface area (Å²) in [6, 6.07) is 0. The Hall–Kier alpha value is -0.530. The third-order valence-corrected chi connectivity index (χ3v) is 1.61. The maximum Gasteiger partial charge on any atom is 0.308 e. The van der Waals surface area contributed by atoms with Crippen LogP contribution in [0.3, 0.4) is 0 Å². The minimum Gasteiger partial charge on any atom is -0.469 e. The summed E-state index contributed by atoms with van der Waals surface area (Å²) in [4.78, 5) is 10.6. The fourth-order valence-electron chi connectivity index (χ4n) is 0.802. The van der Waals surface area contributed by atoms with E-state index in [2.05, 4.69) is 11.7 Å². The van der Waals surface area contributed by atoms with Gasteiger partial charge in [-0.15, -0.1) is 0 Å². The summed E-state index contributed by atoms with van der Waals surface area (Å²) in [5.74, 6) is 0.750.